The van der Waals surface area contributed by atoms with Crippen molar-refractivity contribution in [3.63, 3.8) is 0 Å². The van der Waals surface area contributed by atoms with Crippen molar-refractivity contribution in [1.29, 1.82) is 0 Å². The first-order chi connectivity index (χ1) is 8.81. The molecule has 0 aliphatic carbocycles. The van der Waals surface area contributed by atoms with Crippen LogP contribution >= 0.6 is 0 Å². The maximum atomic E-state index is 9.94. The number of aliphatic hydroxyl groups is 1. The van der Waals surface area contributed by atoms with Gasteiger partial charge >= 0.3 is 0 Å². The zero-order valence-electron chi connectivity index (χ0n) is 11.3. The van der Waals surface area contributed by atoms with Gasteiger partial charge in [0.05, 0.1) is 6.10 Å². The van der Waals surface area contributed by atoms with E-state index in [1.54, 1.807) is 0 Å². The van der Waals surface area contributed by atoms with Gasteiger partial charge in [-0.05, 0) is 50.5 Å². The van der Waals surface area contributed by atoms with Gasteiger partial charge in [-0.3, -0.25) is 9.80 Å². The van der Waals surface area contributed by atoms with Crippen molar-refractivity contribution < 1.29 is 5.11 Å². The molecule has 0 radical (unpaired) electrons. The molecule has 5 atom stereocenters. The van der Waals surface area contributed by atoms with Gasteiger partial charge in [0.25, 0.3) is 0 Å². The Hall–Kier alpha value is -0.120. The van der Waals surface area contributed by atoms with Crippen molar-refractivity contribution in [2.45, 2.75) is 56.7 Å². The highest BCUT2D eigenvalue weighted by Crippen LogP contribution is 2.42. The van der Waals surface area contributed by atoms with Gasteiger partial charge in [0.15, 0.2) is 0 Å². The van der Waals surface area contributed by atoms with E-state index >= 15 is 0 Å². The number of aliphatic hydroxyl groups excluding tert-OH is 1. The molecule has 1 N–H and O–H groups in total. The summed E-state index contributed by atoms with van der Waals surface area (Å²) in [5.41, 5.74) is 0. The summed E-state index contributed by atoms with van der Waals surface area (Å²) in [6.07, 6.45) is 7.76. The first-order valence-electron chi connectivity index (χ1n) is 7.97. The average Bonchev–Trinajstić information content (AvgIpc) is 2.40. The summed E-state index contributed by atoms with van der Waals surface area (Å²) in [4.78, 5) is 5.51. The second-order valence-corrected chi connectivity index (χ2v) is 7.05. The molecule has 3 heteroatoms. The van der Waals surface area contributed by atoms with Crippen molar-refractivity contribution in [3.8, 4) is 0 Å². The third-order valence-electron chi connectivity index (χ3n) is 6.03. The van der Waals surface area contributed by atoms with E-state index in [4.69, 9.17) is 0 Å². The highest BCUT2D eigenvalue weighted by atomic mass is 16.3. The largest absolute Gasteiger partial charge is 0.393 e. The molecular formula is C15H26N2O. The fourth-order valence-corrected chi connectivity index (χ4v) is 5.22. The van der Waals surface area contributed by atoms with Crippen LogP contribution in [0.1, 0.15) is 38.5 Å². The predicted molar refractivity (Wildman–Crippen MR) is 71.4 cm³/mol. The summed E-state index contributed by atoms with van der Waals surface area (Å²) in [5.74, 6) is 1.77. The van der Waals surface area contributed by atoms with E-state index in [-0.39, 0.29) is 6.10 Å². The number of nitrogens with zero attached hydrogens (tertiary/aromatic N) is 2. The van der Waals surface area contributed by atoms with Crippen LogP contribution in [0.15, 0.2) is 0 Å². The monoisotopic (exact) mass is 250 g/mol. The Morgan fingerprint density at radius 3 is 2.44 bits per heavy atom. The van der Waals surface area contributed by atoms with E-state index in [0.29, 0.717) is 6.04 Å². The van der Waals surface area contributed by atoms with Gasteiger partial charge in [0.1, 0.15) is 0 Å². The van der Waals surface area contributed by atoms with Crippen LogP contribution < -0.4 is 0 Å². The minimum Gasteiger partial charge on any atom is -0.393 e. The minimum atomic E-state index is -0.0260. The number of rotatable bonds is 0. The standard InChI is InChI=1S/C15H26N2O/c18-13-4-6-17-9-11-7-12(15(17)8-13)10-16-5-2-1-3-14(11)16/h11-15,18H,1-10H2/t11-,12-,13-,14+,15-/m0/s1. The van der Waals surface area contributed by atoms with E-state index in [9.17, 15) is 5.11 Å². The van der Waals surface area contributed by atoms with Crippen molar-refractivity contribution in [2.24, 2.45) is 11.8 Å². The quantitative estimate of drug-likeness (QED) is 0.702. The summed E-state index contributed by atoms with van der Waals surface area (Å²) < 4.78 is 0. The molecule has 2 bridgehead atoms. The van der Waals surface area contributed by atoms with E-state index in [1.165, 1.54) is 45.3 Å². The zero-order valence-corrected chi connectivity index (χ0v) is 11.3. The summed E-state index contributed by atoms with van der Waals surface area (Å²) in [6.45, 7) is 5.11. The molecule has 18 heavy (non-hydrogen) atoms. The molecule has 0 amide bonds. The molecule has 0 unspecified atom stereocenters. The van der Waals surface area contributed by atoms with E-state index in [1.807, 2.05) is 0 Å². The fourth-order valence-electron chi connectivity index (χ4n) is 5.22. The van der Waals surface area contributed by atoms with Gasteiger partial charge in [-0.2, -0.15) is 0 Å². The second kappa shape index (κ2) is 4.46. The maximum absolute atomic E-state index is 9.94. The second-order valence-electron chi connectivity index (χ2n) is 7.05. The molecule has 0 saturated carbocycles. The Bertz CT molecular complexity index is 322. The maximum Gasteiger partial charge on any atom is 0.0567 e. The number of hydrogen-bond donors (Lipinski definition) is 1. The third-order valence-corrected chi connectivity index (χ3v) is 6.03. The van der Waals surface area contributed by atoms with Gasteiger partial charge in [-0.15, -0.1) is 0 Å². The molecule has 4 heterocycles. The average molecular weight is 250 g/mol. The van der Waals surface area contributed by atoms with Crippen molar-refractivity contribution in [2.75, 3.05) is 26.2 Å². The van der Waals surface area contributed by atoms with Crippen LogP contribution in [0.5, 0.6) is 0 Å². The van der Waals surface area contributed by atoms with Crippen LogP contribution in [0.4, 0.5) is 0 Å². The van der Waals surface area contributed by atoms with Crippen molar-refractivity contribution in [1.82, 2.24) is 9.80 Å². The smallest absolute Gasteiger partial charge is 0.0567 e. The molecule has 4 aliphatic rings. The third kappa shape index (κ3) is 1.83. The zero-order chi connectivity index (χ0) is 12.1. The van der Waals surface area contributed by atoms with Crippen molar-refractivity contribution in [3.05, 3.63) is 0 Å². The van der Waals surface area contributed by atoms with E-state index in [0.717, 1.165) is 37.3 Å². The minimum absolute atomic E-state index is 0.0260. The van der Waals surface area contributed by atoms with Crippen molar-refractivity contribution >= 4 is 0 Å². The van der Waals surface area contributed by atoms with E-state index in [2.05, 4.69) is 9.80 Å². The normalized spacial score (nSPS) is 49.5. The SMILES string of the molecule is O[C@H]1CCN2C[C@@H]3C[C@@H](CN4CCCC[C@H]34)[C@@H]2C1. The number of fused-ring (bicyclic) bond motifs is 6. The fraction of sp³-hybridized carbons (Fsp3) is 1.00. The van der Waals surface area contributed by atoms with Crippen LogP contribution in [0.3, 0.4) is 0 Å². The lowest BCUT2D eigenvalue weighted by Crippen LogP contribution is -2.64. The van der Waals surface area contributed by atoms with Crippen LogP contribution in [-0.4, -0.2) is 59.3 Å². The molecule has 0 aromatic carbocycles. The lowest BCUT2D eigenvalue weighted by atomic mass is 9.70. The van der Waals surface area contributed by atoms with Crippen LogP contribution in [0.25, 0.3) is 0 Å². The van der Waals surface area contributed by atoms with Crippen LogP contribution in [0.2, 0.25) is 0 Å². The van der Waals surface area contributed by atoms with Gasteiger partial charge in [0, 0.05) is 31.7 Å². The van der Waals surface area contributed by atoms with E-state index < -0.39 is 0 Å². The molecule has 4 rings (SSSR count). The first kappa shape index (κ1) is 11.7. The number of piperidine rings is 4. The number of hydrogen-bond acceptors (Lipinski definition) is 3. The predicted octanol–water partition coefficient (Wildman–Crippen LogP) is 1.32. The molecule has 0 aromatic rings. The Balaban J connectivity index is 1.55. The molecule has 0 spiro atoms. The summed E-state index contributed by atoms with van der Waals surface area (Å²) in [6, 6.07) is 1.58. The summed E-state index contributed by atoms with van der Waals surface area (Å²) in [5, 5.41) is 9.94. The highest BCUT2D eigenvalue weighted by molar-refractivity contribution is 5.01. The summed E-state index contributed by atoms with van der Waals surface area (Å²) in [7, 11) is 0. The molecule has 102 valence electrons. The van der Waals surface area contributed by atoms with Crippen LogP contribution in [0, 0.1) is 11.8 Å². The van der Waals surface area contributed by atoms with Gasteiger partial charge in [-0.1, -0.05) is 6.42 Å². The molecule has 4 aliphatic heterocycles. The molecule has 4 fully saturated rings. The topological polar surface area (TPSA) is 26.7 Å². The van der Waals surface area contributed by atoms with Gasteiger partial charge < -0.3 is 5.11 Å². The van der Waals surface area contributed by atoms with Gasteiger partial charge in [-0.25, -0.2) is 0 Å². The highest BCUT2D eigenvalue weighted by Gasteiger charge is 2.47. The summed E-state index contributed by atoms with van der Waals surface area (Å²) >= 11 is 0. The van der Waals surface area contributed by atoms with Crippen LogP contribution in [-0.2, 0) is 0 Å². The first-order valence-corrected chi connectivity index (χ1v) is 7.97. The Kier molecular flexibility index (Phi) is 2.90. The lowest BCUT2D eigenvalue weighted by Gasteiger charge is -2.57. The molecule has 4 saturated heterocycles. The molecular weight excluding hydrogens is 224 g/mol. The molecule has 3 nitrogen and oxygen atoms in total. The Morgan fingerprint density at radius 1 is 0.778 bits per heavy atom. The Labute approximate surface area is 110 Å². The lowest BCUT2D eigenvalue weighted by molar-refractivity contribution is -0.0900. The Morgan fingerprint density at radius 2 is 1.56 bits per heavy atom. The molecule has 0 aromatic heterocycles. The van der Waals surface area contributed by atoms with Gasteiger partial charge in [0.2, 0.25) is 0 Å².